The minimum atomic E-state index is -1.76. The number of carbonyl (C=O) groups is 7. The van der Waals surface area contributed by atoms with Gasteiger partial charge in [0, 0.05) is 46.8 Å². The van der Waals surface area contributed by atoms with E-state index in [9.17, 15) is 59.1 Å². The fourth-order valence-corrected chi connectivity index (χ4v) is 8.41. The van der Waals surface area contributed by atoms with Gasteiger partial charge in [0.25, 0.3) is 0 Å². The maximum atomic E-state index is 14.9. The Hall–Kier alpha value is -6.85. The van der Waals surface area contributed by atoms with Gasteiger partial charge in [0.05, 0.1) is 13.7 Å². The summed E-state index contributed by atoms with van der Waals surface area (Å²) >= 11 is 0. The molecule has 7 rings (SSSR count). The molecule has 0 aromatic heterocycles. The molecule has 0 spiro atoms. The van der Waals surface area contributed by atoms with Crippen LogP contribution < -0.4 is 30.2 Å². The lowest BCUT2D eigenvalue weighted by atomic mass is 9.98. The van der Waals surface area contributed by atoms with E-state index in [1.165, 1.54) is 65.2 Å². The van der Waals surface area contributed by atoms with Crippen LogP contribution in [0.25, 0.3) is 0 Å². The average molecular weight is 977 g/mol. The Morgan fingerprint density at radius 3 is 1.99 bits per heavy atom. The van der Waals surface area contributed by atoms with Crippen molar-refractivity contribution in [2.24, 2.45) is 0 Å². The molecule has 22 nitrogen and oxygen atoms in total. The minimum absolute atomic E-state index is 0.0223. The number of hydrogen-bond donors (Lipinski definition) is 8. The molecule has 2 saturated heterocycles. The largest absolute Gasteiger partial charge is 0.497 e. The maximum absolute atomic E-state index is 14.9. The van der Waals surface area contributed by atoms with Gasteiger partial charge < -0.3 is 75.1 Å². The van der Waals surface area contributed by atoms with Crippen LogP contribution in [0.2, 0.25) is 0 Å². The zero-order chi connectivity index (χ0) is 51.1. The highest BCUT2D eigenvalue weighted by molar-refractivity contribution is 5.98. The third kappa shape index (κ3) is 12.1. The molecule has 8 N–H and O–H groups in total. The molecule has 0 unspecified atom stereocenters. The molecule has 0 saturated carbocycles. The summed E-state index contributed by atoms with van der Waals surface area (Å²) in [5.74, 6) is -5.18. The lowest BCUT2D eigenvalue weighted by molar-refractivity contribution is -0.277. The predicted octanol–water partition coefficient (Wildman–Crippen LogP) is -1.14. The van der Waals surface area contributed by atoms with Crippen molar-refractivity contribution in [3.63, 3.8) is 0 Å². The number of aliphatic hydroxyl groups is 4. The van der Waals surface area contributed by atoms with Gasteiger partial charge in [0.2, 0.25) is 41.7 Å². The van der Waals surface area contributed by atoms with Crippen molar-refractivity contribution in [1.29, 1.82) is 0 Å². The van der Waals surface area contributed by atoms with Crippen LogP contribution in [0.15, 0.2) is 66.7 Å². The first-order valence-corrected chi connectivity index (χ1v) is 22.6. The molecule has 11 atom stereocenters. The Balaban J connectivity index is 1.41. The van der Waals surface area contributed by atoms with Crippen molar-refractivity contribution in [3.05, 3.63) is 83.4 Å². The first-order valence-electron chi connectivity index (χ1n) is 22.6. The van der Waals surface area contributed by atoms with Crippen molar-refractivity contribution >= 4 is 41.4 Å². The van der Waals surface area contributed by atoms with Crippen LogP contribution >= 0.6 is 0 Å². The van der Waals surface area contributed by atoms with Crippen LogP contribution in [-0.4, -0.2) is 183 Å². The smallest absolute Gasteiger partial charge is 0.303 e. The summed E-state index contributed by atoms with van der Waals surface area (Å²) in [7, 11) is 5.55. The van der Waals surface area contributed by atoms with Gasteiger partial charge in [-0.05, 0) is 73.4 Å². The van der Waals surface area contributed by atoms with Crippen LogP contribution in [0.5, 0.6) is 23.0 Å². The zero-order valence-electron chi connectivity index (χ0n) is 39.5. The number of fused-ring (bicyclic) bond motifs is 2. The first kappa shape index (κ1) is 52.5. The summed E-state index contributed by atoms with van der Waals surface area (Å²) in [4.78, 5) is 102. The highest BCUT2D eigenvalue weighted by Crippen LogP contribution is 2.36. The quantitative estimate of drug-likeness (QED) is 0.126. The van der Waals surface area contributed by atoms with Crippen LogP contribution in [-0.2, 0) is 57.6 Å². The number of aliphatic carboxylic acids is 1. The first-order chi connectivity index (χ1) is 33.2. The topological polar surface area (TPSA) is 303 Å². The average Bonchev–Trinajstić information content (AvgIpc) is 3.34. The molecule has 4 heterocycles. The molecule has 3 aromatic rings. The molecule has 4 aliphatic heterocycles. The second kappa shape index (κ2) is 22.7. The third-order valence-electron chi connectivity index (χ3n) is 12.8. The van der Waals surface area contributed by atoms with Crippen LogP contribution in [0, 0.1) is 0 Å². The summed E-state index contributed by atoms with van der Waals surface area (Å²) in [6, 6.07) is 9.43. The van der Waals surface area contributed by atoms with E-state index in [0.717, 1.165) is 9.80 Å². The Labute approximate surface area is 403 Å². The number of nitrogens with zero attached hydrogens (tertiary/aromatic N) is 3. The van der Waals surface area contributed by atoms with E-state index >= 15 is 0 Å². The summed E-state index contributed by atoms with van der Waals surface area (Å²) in [5, 5.41) is 58.7. The lowest BCUT2D eigenvalue weighted by Crippen LogP contribution is -2.62. The number of hydrogen-bond acceptors (Lipinski definition) is 15. The van der Waals surface area contributed by atoms with Crippen molar-refractivity contribution in [2.45, 2.75) is 113 Å². The van der Waals surface area contributed by atoms with Gasteiger partial charge in [-0.15, -0.1) is 0 Å². The molecule has 0 aliphatic carbocycles. The number of nitrogens with one attached hydrogen (secondary N) is 3. The molecule has 0 radical (unpaired) electrons. The Kier molecular flexibility index (Phi) is 17.0. The number of rotatable bonds is 9. The fourth-order valence-electron chi connectivity index (χ4n) is 8.41. The minimum Gasteiger partial charge on any atom is -0.497 e. The summed E-state index contributed by atoms with van der Waals surface area (Å²) in [6.45, 7) is 2.04. The van der Waals surface area contributed by atoms with Gasteiger partial charge in [0.1, 0.15) is 72.2 Å². The molecule has 4 aliphatic rings. The number of likely N-dealkylation sites (N-methyl/N-ethyl adjacent to an activating group) is 3. The highest BCUT2D eigenvalue weighted by atomic mass is 16.7. The van der Waals surface area contributed by atoms with Gasteiger partial charge >= 0.3 is 5.97 Å². The van der Waals surface area contributed by atoms with Gasteiger partial charge in [-0.2, -0.15) is 0 Å². The van der Waals surface area contributed by atoms with Gasteiger partial charge in [-0.3, -0.25) is 33.6 Å². The number of methoxy groups -OCH3 is 1. The predicted molar refractivity (Wildman–Crippen MR) is 245 cm³/mol. The molecular weight excluding hydrogens is 917 g/mol. The van der Waals surface area contributed by atoms with E-state index < -0.39 is 128 Å². The highest BCUT2D eigenvalue weighted by Gasteiger charge is 2.45. The summed E-state index contributed by atoms with van der Waals surface area (Å²) in [5.41, 5.74) is 1.51. The van der Waals surface area contributed by atoms with Gasteiger partial charge in [-0.25, -0.2) is 0 Å². The normalized spacial score (nSPS) is 28.4. The Morgan fingerprint density at radius 2 is 1.34 bits per heavy atom. The number of aliphatic hydroxyl groups excluding tert-OH is 4. The zero-order valence-corrected chi connectivity index (χ0v) is 39.5. The Morgan fingerprint density at radius 1 is 0.714 bits per heavy atom. The molecule has 70 heavy (non-hydrogen) atoms. The number of carboxylic acids is 1. The van der Waals surface area contributed by atoms with E-state index in [1.807, 2.05) is 0 Å². The summed E-state index contributed by atoms with van der Waals surface area (Å²) < 4.78 is 23.1. The van der Waals surface area contributed by atoms with E-state index in [-0.39, 0.29) is 36.5 Å². The molecule has 6 amide bonds. The van der Waals surface area contributed by atoms with E-state index in [4.69, 9.17) is 18.9 Å². The molecule has 378 valence electrons. The number of ether oxygens (including phenoxy) is 4. The van der Waals surface area contributed by atoms with Crippen LogP contribution in [0.1, 0.15) is 43.4 Å². The second-order valence-electron chi connectivity index (χ2n) is 17.7. The molecular formula is C48H60N6O16. The standard InChI is InChI=1S/C48H60N6O16/c1-24-42(61)51-31(16-18-38(56)57)46(65)52(3)32(19-26-7-12-29(67-6)13-8-26)44(63)50-25(2)45(64)54(5)34-20-27-9-14-30(15-10-27)68-36-22-28(21-33(43(62)49-24)53(4)47(34)66)11-17-35(36)69-48-41(60)40(59)39(58)37(23-55)70-48/h7-15,17,22,24-25,31-34,37,39-41,48,55,58-60H,16,18-21,23H2,1-6H3,(H,49,62)(H,50,63)(H,51,61)(H,56,57)/t24-,25+,31+,32+,33+,34+,37-,39-,40+,41-,48-/m1/s1. The maximum Gasteiger partial charge on any atom is 0.303 e. The third-order valence-corrected chi connectivity index (χ3v) is 12.8. The monoisotopic (exact) mass is 976 g/mol. The number of benzene rings is 3. The summed E-state index contributed by atoms with van der Waals surface area (Å²) in [6.07, 6.45) is -9.39. The Bertz CT molecular complexity index is 2400. The number of amides is 6. The molecule has 2 fully saturated rings. The molecule has 6 bridgehead atoms. The lowest BCUT2D eigenvalue weighted by Gasteiger charge is -2.39. The second-order valence-corrected chi connectivity index (χ2v) is 17.7. The van der Waals surface area contributed by atoms with Crippen LogP contribution in [0.3, 0.4) is 0 Å². The van der Waals surface area contributed by atoms with E-state index in [1.54, 1.807) is 48.5 Å². The fraction of sp³-hybridized carbons (Fsp3) is 0.479. The SMILES string of the molecule is COc1ccc(C[C@H]2C(=O)N[C@@H](C)C(=O)N(C)[C@H]3Cc4ccc(cc4)Oc4cc(ccc4O[C@@H]4O[C@H](CO)[C@@H](O)[C@H](O)[C@H]4O)C[C@@H](C(=O)N[C@H](C)C(=O)N[C@@H](CCC(=O)O)C(=O)N2C)N(C)C3=O)cc1. The van der Waals surface area contributed by atoms with Crippen molar-refractivity contribution in [3.8, 4) is 23.0 Å². The van der Waals surface area contributed by atoms with Crippen molar-refractivity contribution in [1.82, 2.24) is 30.7 Å². The van der Waals surface area contributed by atoms with E-state index in [2.05, 4.69) is 16.0 Å². The number of carboxylic acid groups (broad SMARTS) is 1. The van der Waals surface area contributed by atoms with Gasteiger partial charge in [0.15, 0.2) is 11.5 Å². The molecule has 3 aromatic carbocycles. The number of carbonyl (C=O) groups excluding carboxylic acids is 6. The van der Waals surface area contributed by atoms with Crippen LogP contribution in [0.4, 0.5) is 0 Å². The van der Waals surface area contributed by atoms with E-state index in [0.29, 0.717) is 22.4 Å². The van der Waals surface area contributed by atoms with Crippen molar-refractivity contribution in [2.75, 3.05) is 34.9 Å². The molecule has 22 heteroatoms. The van der Waals surface area contributed by atoms with Gasteiger partial charge in [-0.1, -0.05) is 30.3 Å². The van der Waals surface area contributed by atoms with Crippen molar-refractivity contribution < 1.29 is 78.0 Å².